The van der Waals surface area contributed by atoms with E-state index in [4.69, 9.17) is 16.0 Å². The molecule has 0 aliphatic carbocycles. The maximum atomic E-state index is 13.0. The van der Waals surface area contributed by atoms with E-state index in [1.54, 1.807) is 22.8 Å². The van der Waals surface area contributed by atoms with Crippen LogP contribution in [0.4, 0.5) is 6.01 Å². The van der Waals surface area contributed by atoms with Crippen molar-refractivity contribution in [1.29, 1.82) is 0 Å². The van der Waals surface area contributed by atoms with Crippen LogP contribution in [0.25, 0.3) is 10.9 Å². The number of nitrogens with zero attached hydrogens (tertiary/aromatic N) is 4. The van der Waals surface area contributed by atoms with Crippen molar-refractivity contribution in [2.45, 2.75) is 51.7 Å². The van der Waals surface area contributed by atoms with Gasteiger partial charge in [-0.05, 0) is 30.5 Å². The van der Waals surface area contributed by atoms with Crippen LogP contribution in [0.5, 0.6) is 0 Å². The molecule has 3 rings (SSSR count). The smallest absolute Gasteiger partial charge is 0.322 e. The number of amides is 1. The van der Waals surface area contributed by atoms with Crippen LogP contribution in [0.1, 0.15) is 45.9 Å². The highest BCUT2D eigenvalue weighted by molar-refractivity contribution is 7.99. The Morgan fingerprint density at radius 3 is 2.70 bits per heavy atom. The molecule has 1 aromatic carbocycles. The van der Waals surface area contributed by atoms with Crippen LogP contribution in [0.3, 0.4) is 0 Å². The minimum Gasteiger partial charge on any atom is -0.408 e. The van der Waals surface area contributed by atoms with Gasteiger partial charge in [-0.15, -0.1) is 5.10 Å². The Bertz CT molecular complexity index is 1110. The second kappa shape index (κ2) is 9.61. The highest BCUT2D eigenvalue weighted by atomic mass is 35.5. The monoisotopic (exact) mass is 449 g/mol. The lowest BCUT2D eigenvalue weighted by Crippen LogP contribution is -2.25. The molecule has 3 aromatic rings. The number of anilines is 1. The molecule has 0 radical (unpaired) electrons. The summed E-state index contributed by atoms with van der Waals surface area (Å²) in [6.45, 7) is 8.55. The summed E-state index contributed by atoms with van der Waals surface area (Å²) in [5.74, 6) is 0.663. The Morgan fingerprint density at radius 2 is 2.03 bits per heavy atom. The van der Waals surface area contributed by atoms with Crippen LogP contribution >= 0.6 is 23.4 Å². The summed E-state index contributed by atoms with van der Waals surface area (Å²) in [6, 6.07) is 5.07. The summed E-state index contributed by atoms with van der Waals surface area (Å²) in [7, 11) is 0. The van der Waals surface area contributed by atoms with E-state index < -0.39 is 0 Å². The van der Waals surface area contributed by atoms with Gasteiger partial charge in [-0.3, -0.25) is 19.5 Å². The van der Waals surface area contributed by atoms with E-state index in [0.717, 1.165) is 6.42 Å². The van der Waals surface area contributed by atoms with Crippen molar-refractivity contribution >= 4 is 46.2 Å². The first-order valence-electron chi connectivity index (χ1n) is 9.70. The molecule has 30 heavy (non-hydrogen) atoms. The van der Waals surface area contributed by atoms with E-state index in [0.29, 0.717) is 39.4 Å². The zero-order valence-corrected chi connectivity index (χ0v) is 18.9. The van der Waals surface area contributed by atoms with Crippen molar-refractivity contribution in [1.82, 2.24) is 19.7 Å². The van der Waals surface area contributed by atoms with Gasteiger partial charge in [-0.25, -0.2) is 4.98 Å². The zero-order chi connectivity index (χ0) is 21.8. The molecule has 0 unspecified atom stereocenters. The van der Waals surface area contributed by atoms with Gasteiger partial charge in [-0.2, -0.15) is 0 Å². The molecule has 1 amide bonds. The molecule has 1 N–H and O–H groups in total. The Kier molecular flexibility index (Phi) is 7.14. The van der Waals surface area contributed by atoms with Crippen molar-refractivity contribution < 1.29 is 9.21 Å². The Labute approximate surface area is 183 Å². The number of carbonyl (C=O) groups is 1. The maximum absolute atomic E-state index is 13.0. The van der Waals surface area contributed by atoms with Crippen molar-refractivity contribution in [2.75, 3.05) is 11.1 Å². The molecule has 0 saturated carbocycles. The minimum atomic E-state index is -0.324. The standard InChI is InChI=1S/C20H24ClN5O3S/c1-11(2)7-8-26-18(28)14-6-5-13(21)9-15(14)22-20(26)30-10-16(27)23-19-25-24-17(29-19)12(3)4/h5-6,9,11-12H,7-8,10H2,1-4H3,(H,23,25,27). The van der Waals surface area contributed by atoms with E-state index in [9.17, 15) is 9.59 Å². The second-order valence-corrected chi connectivity index (χ2v) is 9.01. The van der Waals surface area contributed by atoms with Crippen molar-refractivity contribution in [3.63, 3.8) is 0 Å². The number of thioether (sulfide) groups is 1. The Morgan fingerprint density at radius 1 is 1.27 bits per heavy atom. The van der Waals surface area contributed by atoms with Gasteiger partial charge >= 0.3 is 6.01 Å². The predicted octanol–water partition coefficient (Wildman–Crippen LogP) is 4.33. The molecule has 2 heterocycles. The first kappa shape index (κ1) is 22.3. The molecular weight excluding hydrogens is 426 g/mol. The third-order valence-corrected chi connectivity index (χ3v) is 5.54. The van der Waals surface area contributed by atoms with Crippen LogP contribution in [-0.4, -0.2) is 31.4 Å². The highest BCUT2D eigenvalue weighted by Gasteiger charge is 2.16. The average molecular weight is 450 g/mol. The van der Waals surface area contributed by atoms with Gasteiger partial charge in [0, 0.05) is 17.5 Å². The largest absolute Gasteiger partial charge is 0.408 e. The average Bonchev–Trinajstić information content (AvgIpc) is 3.14. The lowest BCUT2D eigenvalue weighted by Gasteiger charge is -2.14. The summed E-state index contributed by atoms with van der Waals surface area (Å²) in [4.78, 5) is 29.9. The van der Waals surface area contributed by atoms with Gasteiger partial charge in [0.15, 0.2) is 5.16 Å². The predicted molar refractivity (Wildman–Crippen MR) is 118 cm³/mol. The number of carbonyl (C=O) groups excluding carboxylic acids is 1. The van der Waals surface area contributed by atoms with Crippen LogP contribution in [0, 0.1) is 5.92 Å². The summed E-state index contributed by atoms with van der Waals surface area (Å²) < 4.78 is 7.02. The topological polar surface area (TPSA) is 103 Å². The summed E-state index contributed by atoms with van der Waals surface area (Å²) in [5.41, 5.74) is 0.369. The first-order valence-corrected chi connectivity index (χ1v) is 11.1. The fraction of sp³-hybridized carbons (Fsp3) is 0.450. The van der Waals surface area contributed by atoms with Crippen molar-refractivity contribution in [3.05, 3.63) is 39.5 Å². The number of aromatic nitrogens is 4. The third-order valence-electron chi connectivity index (χ3n) is 4.33. The van der Waals surface area contributed by atoms with E-state index in [-0.39, 0.29) is 29.2 Å². The van der Waals surface area contributed by atoms with E-state index >= 15 is 0 Å². The van der Waals surface area contributed by atoms with Gasteiger partial charge in [0.05, 0.1) is 16.7 Å². The van der Waals surface area contributed by atoms with Gasteiger partial charge in [-0.1, -0.05) is 56.2 Å². The SMILES string of the molecule is CC(C)CCn1c(SCC(=O)Nc2nnc(C(C)C)o2)nc2cc(Cl)ccc2c1=O. The summed E-state index contributed by atoms with van der Waals surface area (Å²) in [6.07, 6.45) is 0.820. The number of benzene rings is 1. The quantitative estimate of drug-likeness (QED) is 0.403. The lowest BCUT2D eigenvalue weighted by molar-refractivity contribution is -0.113. The normalized spacial score (nSPS) is 11.6. The Balaban J connectivity index is 1.81. The van der Waals surface area contributed by atoms with Crippen LogP contribution < -0.4 is 10.9 Å². The number of rotatable bonds is 8. The summed E-state index contributed by atoms with van der Waals surface area (Å²) >= 11 is 7.25. The van der Waals surface area contributed by atoms with E-state index in [2.05, 4.69) is 34.3 Å². The number of fused-ring (bicyclic) bond motifs is 1. The van der Waals surface area contributed by atoms with Gasteiger partial charge < -0.3 is 4.42 Å². The first-order chi connectivity index (χ1) is 14.2. The molecule has 0 spiro atoms. The van der Waals surface area contributed by atoms with Crippen LogP contribution in [0.2, 0.25) is 5.02 Å². The van der Waals surface area contributed by atoms with E-state index in [1.807, 2.05) is 13.8 Å². The fourth-order valence-electron chi connectivity index (χ4n) is 2.67. The molecule has 0 saturated heterocycles. The second-order valence-electron chi connectivity index (χ2n) is 7.63. The van der Waals surface area contributed by atoms with E-state index in [1.165, 1.54) is 11.8 Å². The van der Waals surface area contributed by atoms with Gasteiger partial charge in [0.1, 0.15) is 0 Å². The number of hydrogen-bond donors (Lipinski definition) is 1. The Hall–Kier alpha value is -2.39. The molecule has 0 aliphatic heterocycles. The van der Waals surface area contributed by atoms with Crippen LogP contribution in [-0.2, 0) is 11.3 Å². The molecule has 8 nitrogen and oxygen atoms in total. The number of hydrogen-bond acceptors (Lipinski definition) is 7. The molecule has 160 valence electrons. The van der Waals surface area contributed by atoms with Crippen molar-refractivity contribution in [3.8, 4) is 0 Å². The number of halogens is 1. The van der Waals surface area contributed by atoms with Crippen molar-refractivity contribution in [2.24, 2.45) is 5.92 Å². The van der Waals surface area contributed by atoms with Gasteiger partial charge in [0.25, 0.3) is 5.56 Å². The molecule has 2 aromatic heterocycles. The van der Waals surface area contributed by atoms with Crippen LogP contribution in [0.15, 0.2) is 32.6 Å². The zero-order valence-electron chi connectivity index (χ0n) is 17.3. The maximum Gasteiger partial charge on any atom is 0.322 e. The lowest BCUT2D eigenvalue weighted by atomic mass is 10.1. The fourth-order valence-corrected chi connectivity index (χ4v) is 3.66. The third kappa shape index (κ3) is 5.40. The number of nitrogens with one attached hydrogen (secondary N) is 1. The molecule has 0 bridgehead atoms. The molecule has 0 atom stereocenters. The van der Waals surface area contributed by atoms with Gasteiger partial charge in [0.2, 0.25) is 11.8 Å². The highest BCUT2D eigenvalue weighted by Crippen LogP contribution is 2.22. The molecular formula is C20H24ClN5O3S. The summed E-state index contributed by atoms with van der Waals surface area (Å²) in [5, 5.41) is 11.8. The minimum absolute atomic E-state index is 0.0413. The molecule has 0 aliphatic rings. The molecule has 10 heteroatoms. The molecule has 0 fully saturated rings.